The maximum atomic E-state index is 4.29. The minimum atomic E-state index is 0.904. The zero-order chi connectivity index (χ0) is 13.3. The van der Waals surface area contributed by atoms with E-state index in [-0.39, 0.29) is 0 Å². The monoisotopic (exact) mass is 234 g/mol. The summed E-state index contributed by atoms with van der Waals surface area (Å²) >= 11 is 0. The number of aryl methyl sites for hydroxylation is 1. The fraction of sp³-hybridized carbons (Fsp3) is 0.533. The van der Waals surface area contributed by atoms with Gasteiger partial charge in [0.25, 0.3) is 0 Å². The summed E-state index contributed by atoms with van der Waals surface area (Å²) in [7, 11) is 0. The SMILES string of the molecule is C=C.CC.CCC1CN(c2ccc(C)nc2)C1. The summed E-state index contributed by atoms with van der Waals surface area (Å²) in [5.74, 6) is 0.904. The quantitative estimate of drug-likeness (QED) is 0.717. The molecule has 0 radical (unpaired) electrons. The molecule has 1 aromatic heterocycles. The van der Waals surface area contributed by atoms with Crippen LogP contribution in [0.5, 0.6) is 0 Å². The molecule has 1 aliphatic rings. The summed E-state index contributed by atoms with van der Waals surface area (Å²) in [5.41, 5.74) is 2.37. The molecular formula is C15H26N2. The molecule has 2 heterocycles. The fourth-order valence-electron chi connectivity index (χ4n) is 1.69. The molecule has 1 aromatic rings. The standard InChI is InChI=1S/C11H16N2.C2H6.C2H4/c1-3-10-7-13(8-10)11-5-4-9(2)12-6-11;2*1-2/h4-6,10H,3,7-8H2,1-2H3;1-2H3;1-2H2. The molecule has 0 atom stereocenters. The van der Waals surface area contributed by atoms with Gasteiger partial charge in [-0.05, 0) is 31.4 Å². The number of pyridine rings is 1. The van der Waals surface area contributed by atoms with Gasteiger partial charge in [-0.3, -0.25) is 4.98 Å². The minimum Gasteiger partial charge on any atom is -0.370 e. The lowest BCUT2D eigenvalue weighted by molar-refractivity contribution is 0.398. The molecule has 2 heteroatoms. The summed E-state index contributed by atoms with van der Waals surface area (Å²) < 4.78 is 0. The van der Waals surface area contributed by atoms with Crippen LogP contribution in [-0.2, 0) is 0 Å². The van der Waals surface area contributed by atoms with Crippen molar-refractivity contribution < 1.29 is 0 Å². The van der Waals surface area contributed by atoms with E-state index in [0.717, 1.165) is 11.6 Å². The van der Waals surface area contributed by atoms with Crippen molar-refractivity contribution in [2.45, 2.75) is 34.1 Å². The van der Waals surface area contributed by atoms with Gasteiger partial charge in [-0.25, -0.2) is 0 Å². The maximum absolute atomic E-state index is 4.29. The predicted molar refractivity (Wildman–Crippen MR) is 77.6 cm³/mol. The van der Waals surface area contributed by atoms with Gasteiger partial charge in [0.2, 0.25) is 0 Å². The first kappa shape index (κ1) is 15.7. The highest BCUT2D eigenvalue weighted by Gasteiger charge is 2.24. The molecule has 0 amide bonds. The minimum absolute atomic E-state index is 0.904. The number of rotatable bonds is 2. The zero-order valence-corrected chi connectivity index (χ0v) is 11.7. The highest BCUT2D eigenvalue weighted by molar-refractivity contribution is 5.47. The largest absolute Gasteiger partial charge is 0.370 e. The van der Waals surface area contributed by atoms with Crippen molar-refractivity contribution in [1.29, 1.82) is 0 Å². The number of nitrogens with zero attached hydrogens (tertiary/aromatic N) is 2. The number of anilines is 1. The number of aromatic nitrogens is 1. The molecule has 2 nitrogen and oxygen atoms in total. The summed E-state index contributed by atoms with van der Waals surface area (Å²) in [5, 5.41) is 0. The average Bonchev–Trinajstić information content (AvgIpc) is 2.35. The predicted octanol–water partition coefficient (Wildman–Crippen LogP) is 4.06. The van der Waals surface area contributed by atoms with E-state index in [0.29, 0.717) is 0 Å². The lowest BCUT2D eigenvalue weighted by Crippen LogP contribution is -2.46. The Kier molecular flexibility index (Phi) is 8.12. The Morgan fingerprint density at radius 3 is 2.29 bits per heavy atom. The lowest BCUT2D eigenvalue weighted by atomic mass is 9.97. The first-order valence-electron chi connectivity index (χ1n) is 6.47. The van der Waals surface area contributed by atoms with Crippen molar-refractivity contribution >= 4 is 5.69 Å². The van der Waals surface area contributed by atoms with Gasteiger partial charge < -0.3 is 4.90 Å². The van der Waals surface area contributed by atoms with Crippen LogP contribution in [0.4, 0.5) is 5.69 Å². The average molecular weight is 234 g/mol. The summed E-state index contributed by atoms with van der Waals surface area (Å²) in [6, 6.07) is 4.24. The second kappa shape index (κ2) is 8.80. The highest BCUT2D eigenvalue weighted by Crippen LogP contribution is 2.25. The van der Waals surface area contributed by atoms with Gasteiger partial charge in [0, 0.05) is 18.8 Å². The van der Waals surface area contributed by atoms with E-state index in [1.807, 2.05) is 27.0 Å². The Bertz CT molecular complexity index is 286. The molecule has 0 bridgehead atoms. The first-order valence-corrected chi connectivity index (χ1v) is 6.47. The summed E-state index contributed by atoms with van der Waals surface area (Å²) in [4.78, 5) is 6.68. The lowest BCUT2D eigenvalue weighted by Gasteiger charge is -2.40. The first-order chi connectivity index (χ1) is 8.29. The Balaban J connectivity index is 0.000000581. The van der Waals surface area contributed by atoms with Crippen LogP contribution >= 0.6 is 0 Å². The van der Waals surface area contributed by atoms with Crippen LogP contribution in [0, 0.1) is 12.8 Å². The molecule has 2 rings (SSSR count). The van der Waals surface area contributed by atoms with E-state index in [9.17, 15) is 0 Å². The highest BCUT2D eigenvalue weighted by atomic mass is 15.2. The van der Waals surface area contributed by atoms with Crippen LogP contribution in [0.3, 0.4) is 0 Å². The van der Waals surface area contributed by atoms with E-state index < -0.39 is 0 Å². The normalized spacial score (nSPS) is 13.8. The van der Waals surface area contributed by atoms with E-state index >= 15 is 0 Å². The van der Waals surface area contributed by atoms with E-state index in [2.05, 4.69) is 42.1 Å². The fourth-order valence-corrected chi connectivity index (χ4v) is 1.69. The van der Waals surface area contributed by atoms with Crippen LogP contribution in [0.25, 0.3) is 0 Å². The van der Waals surface area contributed by atoms with Crippen LogP contribution in [0.15, 0.2) is 31.5 Å². The molecule has 0 spiro atoms. The van der Waals surface area contributed by atoms with Gasteiger partial charge >= 0.3 is 0 Å². The third-order valence-electron chi connectivity index (χ3n) is 2.80. The van der Waals surface area contributed by atoms with Gasteiger partial charge in [-0.2, -0.15) is 0 Å². The molecule has 0 N–H and O–H groups in total. The molecule has 0 saturated carbocycles. The number of hydrogen-bond donors (Lipinski definition) is 0. The molecular weight excluding hydrogens is 208 g/mol. The second-order valence-corrected chi connectivity index (χ2v) is 3.84. The van der Waals surface area contributed by atoms with Crippen LogP contribution in [-0.4, -0.2) is 18.1 Å². The van der Waals surface area contributed by atoms with Crippen molar-refractivity contribution in [3.63, 3.8) is 0 Å². The van der Waals surface area contributed by atoms with E-state index in [1.165, 1.54) is 25.2 Å². The van der Waals surface area contributed by atoms with Crippen molar-refractivity contribution in [2.75, 3.05) is 18.0 Å². The number of hydrogen-bond acceptors (Lipinski definition) is 2. The van der Waals surface area contributed by atoms with Crippen molar-refractivity contribution in [3.8, 4) is 0 Å². The Morgan fingerprint density at radius 2 is 1.88 bits per heavy atom. The molecule has 1 aliphatic heterocycles. The molecule has 0 unspecified atom stereocenters. The smallest absolute Gasteiger partial charge is 0.0553 e. The van der Waals surface area contributed by atoms with E-state index in [4.69, 9.17) is 0 Å². The van der Waals surface area contributed by atoms with Gasteiger partial charge in [0.05, 0.1) is 11.9 Å². The van der Waals surface area contributed by atoms with Crippen LogP contribution in [0.1, 0.15) is 32.9 Å². The van der Waals surface area contributed by atoms with Gasteiger partial charge in [0.15, 0.2) is 0 Å². The Labute approximate surface area is 106 Å². The molecule has 1 saturated heterocycles. The molecule has 17 heavy (non-hydrogen) atoms. The van der Waals surface area contributed by atoms with Crippen molar-refractivity contribution in [3.05, 3.63) is 37.2 Å². The van der Waals surface area contributed by atoms with Crippen molar-refractivity contribution in [2.24, 2.45) is 5.92 Å². The van der Waals surface area contributed by atoms with Crippen LogP contribution in [0.2, 0.25) is 0 Å². The molecule has 96 valence electrons. The van der Waals surface area contributed by atoms with Crippen molar-refractivity contribution in [1.82, 2.24) is 4.98 Å². The van der Waals surface area contributed by atoms with Gasteiger partial charge in [-0.15, -0.1) is 13.2 Å². The van der Waals surface area contributed by atoms with Gasteiger partial charge in [-0.1, -0.05) is 20.8 Å². The van der Waals surface area contributed by atoms with Crippen LogP contribution < -0.4 is 4.90 Å². The Morgan fingerprint density at radius 1 is 1.29 bits per heavy atom. The van der Waals surface area contributed by atoms with Gasteiger partial charge in [0.1, 0.15) is 0 Å². The third kappa shape index (κ3) is 4.59. The summed E-state index contributed by atoms with van der Waals surface area (Å²) in [6.45, 7) is 16.7. The zero-order valence-electron chi connectivity index (χ0n) is 11.7. The Hall–Kier alpha value is -1.31. The summed E-state index contributed by atoms with van der Waals surface area (Å²) in [6.07, 6.45) is 3.27. The second-order valence-electron chi connectivity index (χ2n) is 3.84. The molecule has 1 fully saturated rings. The molecule has 0 aromatic carbocycles. The maximum Gasteiger partial charge on any atom is 0.0553 e. The topological polar surface area (TPSA) is 16.1 Å². The van der Waals surface area contributed by atoms with E-state index in [1.54, 1.807) is 0 Å². The molecule has 0 aliphatic carbocycles. The third-order valence-corrected chi connectivity index (χ3v) is 2.80.